The number of nitrogens with one attached hydrogen (secondary N) is 1. The molecule has 1 aliphatic heterocycles. The van der Waals surface area contributed by atoms with Crippen LogP contribution in [-0.4, -0.2) is 67.9 Å². The smallest absolute Gasteiger partial charge is 0.351 e. The van der Waals surface area contributed by atoms with Gasteiger partial charge < -0.3 is 25.4 Å². The molecule has 2 heterocycles. The highest BCUT2D eigenvalue weighted by Gasteiger charge is 2.59. The molecule has 1 fully saturated rings. The quantitative estimate of drug-likeness (QED) is 0.444. The normalized spacial score (nSPS) is 24.4. The number of carbonyl (C=O) groups is 2. The lowest BCUT2D eigenvalue weighted by molar-refractivity contribution is -0.141. The Bertz CT molecular complexity index is 739. The van der Waals surface area contributed by atoms with E-state index in [1.54, 1.807) is 0 Å². The number of Topliss-reactive ketones (excluding diaryl/α,β-unsaturated/α-hetero) is 1. The maximum Gasteiger partial charge on any atom is 0.351 e. The number of nitrogens with zero attached hydrogens (tertiary/aromatic N) is 2. The van der Waals surface area contributed by atoms with E-state index in [0.29, 0.717) is 4.57 Å². The van der Waals surface area contributed by atoms with Crippen molar-refractivity contribution in [2.75, 3.05) is 18.5 Å². The molecule has 1 amide bonds. The lowest BCUT2D eigenvalue weighted by Gasteiger charge is -2.21. The molecule has 0 spiro atoms. The third kappa shape index (κ3) is 4.09. The van der Waals surface area contributed by atoms with E-state index in [1.165, 1.54) is 0 Å². The molecule has 12 heteroatoms. The Morgan fingerprint density at radius 1 is 1.35 bits per heavy atom. The van der Waals surface area contributed by atoms with Gasteiger partial charge in [0.05, 0.1) is 6.61 Å². The van der Waals surface area contributed by atoms with Crippen molar-refractivity contribution in [1.29, 1.82) is 0 Å². The van der Waals surface area contributed by atoms with Crippen LogP contribution < -0.4 is 11.0 Å². The lowest BCUT2D eigenvalue weighted by atomic mass is 10.1. The van der Waals surface area contributed by atoms with E-state index in [2.05, 4.69) is 10.3 Å². The fraction of sp³-hybridized carbons (Fsp3) is 0.571. The highest BCUT2D eigenvalue weighted by molar-refractivity contribution is 5.92. The molecule has 1 saturated heterocycles. The molecule has 4 N–H and O–H groups in total. The lowest BCUT2D eigenvalue weighted by Crippen LogP contribution is -2.41. The van der Waals surface area contributed by atoms with E-state index in [4.69, 9.17) is 14.9 Å². The first-order valence-electron chi connectivity index (χ1n) is 7.54. The summed E-state index contributed by atoms with van der Waals surface area (Å²) in [6.45, 7) is -1.56. The van der Waals surface area contributed by atoms with Crippen molar-refractivity contribution in [3.05, 3.63) is 22.7 Å². The number of aliphatic hydroxyl groups excluding tert-OH is 3. The number of rotatable bonds is 7. The summed E-state index contributed by atoms with van der Waals surface area (Å²) in [5, 5.41) is 29.2. The van der Waals surface area contributed by atoms with Crippen molar-refractivity contribution in [2.45, 2.75) is 37.2 Å². The van der Waals surface area contributed by atoms with Crippen LogP contribution in [0, 0.1) is 0 Å². The van der Waals surface area contributed by atoms with Gasteiger partial charge >= 0.3 is 11.6 Å². The molecule has 0 aromatic carbocycles. The van der Waals surface area contributed by atoms with Crippen LogP contribution in [0.4, 0.5) is 14.6 Å². The summed E-state index contributed by atoms with van der Waals surface area (Å²) >= 11 is 0. The number of halogens is 2. The summed E-state index contributed by atoms with van der Waals surface area (Å²) in [4.78, 5) is 37.9. The zero-order valence-corrected chi connectivity index (χ0v) is 13.3. The van der Waals surface area contributed by atoms with Gasteiger partial charge in [-0.3, -0.25) is 14.2 Å². The maximum absolute atomic E-state index is 14.0. The second-order valence-electron chi connectivity index (χ2n) is 5.58. The highest BCUT2D eigenvalue weighted by Crippen LogP contribution is 2.41. The predicted octanol–water partition coefficient (Wildman–Crippen LogP) is -1.59. The first-order chi connectivity index (χ1) is 12.2. The average molecular weight is 377 g/mol. The number of hydrogen-bond donors (Lipinski definition) is 4. The third-order valence-electron chi connectivity index (χ3n) is 3.72. The number of aromatic nitrogens is 2. The topological polar surface area (TPSA) is 151 Å². The van der Waals surface area contributed by atoms with E-state index in [9.17, 15) is 28.3 Å². The van der Waals surface area contributed by atoms with E-state index in [0.717, 1.165) is 12.3 Å². The van der Waals surface area contributed by atoms with Crippen LogP contribution >= 0.6 is 0 Å². The number of ketones is 1. The Labute approximate surface area is 145 Å². The molecule has 2 rings (SSSR count). The molecule has 144 valence electrons. The monoisotopic (exact) mass is 377 g/mol. The van der Waals surface area contributed by atoms with E-state index in [1.807, 2.05) is 0 Å². The third-order valence-corrected chi connectivity index (χ3v) is 3.72. The number of carbonyl (C=O) groups excluding carboxylic acids is 2. The van der Waals surface area contributed by atoms with Gasteiger partial charge in [0.25, 0.3) is 0 Å². The minimum Gasteiger partial charge on any atom is -0.394 e. The first-order valence-corrected chi connectivity index (χ1v) is 7.54. The number of aliphatic hydroxyl groups is 3. The second kappa shape index (κ2) is 7.95. The number of alkyl halides is 2. The Hall–Kier alpha value is -2.28. The summed E-state index contributed by atoms with van der Waals surface area (Å²) in [6.07, 6.45) is -5.59. The molecule has 1 unspecified atom stereocenters. The molecular formula is C14H17F2N3O7. The minimum atomic E-state index is -3.84. The molecule has 1 aromatic heterocycles. The highest BCUT2D eigenvalue weighted by atomic mass is 19.3. The van der Waals surface area contributed by atoms with Crippen molar-refractivity contribution in [2.24, 2.45) is 0 Å². The zero-order chi connectivity index (χ0) is 19.5. The zero-order valence-electron chi connectivity index (χ0n) is 13.3. The number of ether oxygens (including phenoxy) is 1. The Morgan fingerprint density at radius 3 is 2.58 bits per heavy atom. The largest absolute Gasteiger partial charge is 0.394 e. The molecule has 1 aliphatic rings. The number of anilines is 1. The van der Waals surface area contributed by atoms with Gasteiger partial charge in [0, 0.05) is 19.0 Å². The standard InChI is InChI=1S/C14H17F2N3O7/c15-14(16)11(24)8(6-21)26-12(14)19-4-3-9(18-13(19)25)17-10(23)2-1-7(22)5-20/h3-4,8,11-12,20-21,24H,1-2,5-6H2,(H,17,18,23,25)/t8-,11-,12?/m1/s1. The van der Waals surface area contributed by atoms with Gasteiger partial charge in [0.15, 0.2) is 11.9 Å². The van der Waals surface area contributed by atoms with E-state index in [-0.39, 0.29) is 18.7 Å². The second-order valence-corrected chi connectivity index (χ2v) is 5.58. The SMILES string of the molecule is O=C(CO)CCC(=O)Nc1ccn(C2O[C@H](CO)[C@@H](O)C2(F)F)c(=O)n1. The van der Waals surface area contributed by atoms with Crippen LogP contribution in [0.3, 0.4) is 0 Å². The Morgan fingerprint density at radius 2 is 2.04 bits per heavy atom. The van der Waals surface area contributed by atoms with Crippen LogP contribution in [0.2, 0.25) is 0 Å². The predicted molar refractivity (Wildman–Crippen MR) is 80.4 cm³/mol. The van der Waals surface area contributed by atoms with Crippen molar-refractivity contribution in [1.82, 2.24) is 9.55 Å². The summed E-state index contributed by atoms with van der Waals surface area (Å²) in [6, 6.07) is 1.06. The van der Waals surface area contributed by atoms with Crippen LogP contribution in [0.25, 0.3) is 0 Å². The van der Waals surface area contributed by atoms with Crippen LogP contribution in [-0.2, 0) is 14.3 Å². The first kappa shape index (κ1) is 20.0. The molecular weight excluding hydrogens is 360 g/mol. The molecule has 1 aromatic rings. The van der Waals surface area contributed by atoms with Gasteiger partial charge in [0.1, 0.15) is 18.5 Å². The average Bonchev–Trinajstić information content (AvgIpc) is 2.83. The molecule has 0 bridgehead atoms. The minimum absolute atomic E-state index is 0.206. The van der Waals surface area contributed by atoms with Crippen LogP contribution in [0.1, 0.15) is 19.1 Å². The van der Waals surface area contributed by atoms with Gasteiger partial charge in [-0.2, -0.15) is 13.8 Å². The number of amides is 1. The van der Waals surface area contributed by atoms with Crippen LogP contribution in [0.15, 0.2) is 17.1 Å². The fourth-order valence-electron chi connectivity index (χ4n) is 2.32. The van der Waals surface area contributed by atoms with Gasteiger partial charge in [-0.1, -0.05) is 0 Å². The maximum atomic E-state index is 14.0. The molecule has 3 atom stereocenters. The molecule has 0 radical (unpaired) electrons. The van der Waals surface area contributed by atoms with Crippen molar-refractivity contribution >= 4 is 17.5 Å². The van der Waals surface area contributed by atoms with Crippen molar-refractivity contribution in [3.63, 3.8) is 0 Å². The fourth-order valence-corrected chi connectivity index (χ4v) is 2.32. The molecule has 0 saturated carbocycles. The Kier molecular flexibility index (Phi) is 6.13. The summed E-state index contributed by atoms with van der Waals surface area (Å²) in [7, 11) is 0. The summed E-state index contributed by atoms with van der Waals surface area (Å²) in [5.74, 6) is -5.27. The molecule has 0 aliphatic carbocycles. The van der Waals surface area contributed by atoms with Gasteiger partial charge in [-0.15, -0.1) is 0 Å². The summed E-state index contributed by atoms with van der Waals surface area (Å²) < 4.78 is 33.3. The van der Waals surface area contributed by atoms with Gasteiger partial charge in [-0.05, 0) is 6.07 Å². The van der Waals surface area contributed by atoms with Crippen LogP contribution in [0.5, 0.6) is 0 Å². The number of hydrogen-bond acceptors (Lipinski definition) is 8. The van der Waals surface area contributed by atoms with Crippen molar-refractivity contribution < 1.29 is 38.4 Å². The van der Waals surface area contributed by atoms with Crippen molar-refractivity contribution in [3.8, 4) is 0 Å². The van der Waals surface area contributed by atoms with Gasteiger partial charge in [-0.25, -0.2) is 4.79 Å². The molecule has 10 nitrogen and oxygen atoms in total. The van der Waals surface area contributed by atoms with Gasteiger partial charge in [0.2, 0.25) is 12.1 Å². The molecule has 26 heavy (non-hydrogen) atoms. The Balaban J connectivity index is 2.11. The van der Waals surface area contributed by atoms with E-state index >= 15 is 0 Å². The van der Waals surface area contributed by atoms with E-state index < -0.39 is 55.0 Å². The summed E-state index contributed by atoms with van der Waals surface area (Å²) in [5.41, 5.74) is -1.18.